The summed E-state index contributed by atoms with van der Waals surface area (Å²) in [5.41, 5.74) is 4.49. The monoisotopic (exact) mass is 683 g/mol. The van der Waals surface area contributed by atoms with E-state index in [1.165, 1.54) is 16.0 Å². The largest absolute Gasteiger partial charge is 0.496 e. The summed E-state index contributed by atoms with van der Waals surface area (Å²) in [6.45, 7) is 9.83. The van der Waals surface area contributed by atoms with E-state index in [9.17, 15) is 14.7 Å². The van der Waals surface area contributed by atoms with Gasteiger partial charge in [-0.3, -0.25) is 14.4 Å². The topological polar surface area (TPSA) is 110 Å². The number of aromatic nitrogens is 3. The van der Waals surface area contributed by atoms with Gasteiger partial charge in [0.25, 0.3) is 0 Å². The van der Waals surface area contributed by atoms with E-state index in [0.717, 1.165) is 55.5 Å². The van der Waals surface area contributed by atoms with Gasteiger partial charge in [-0.15, -0.1) is 0 Å². The van der Waals surface area contributed by atoms with Crippen LogP contribution < -0.4 is 9.64 Å². The van der Waals surface area contributed by atoms with Gasteiger partial charge in [-0.1, -0.05) is 12.1 Å². The highest BCUT2D eigenvalue weighted by Crippen LogP contribution is 2.58. The summed E-state index contributed by atoms with van der Waals surface area (Å²) >= 11 is 0. The maximum atomic E-state index is 14.6. The van der Waals surface area contributed by atoms with Crippen LogP contribution in [0, 0.1) is 18.3 Å². The van der Waals surface area contributed by atoms with Crippen LogP contribution in [0.2, 0.25) is 0 Å². The third-order valence-corrected chi connectivity index (χ3v) is 12.2. The molecule has 10 heteroatoms. The van der Waals surface area contributed by atoms with Crippen LogP contribution in [0.4, 0.5) is 10.6 Å². The zero-order valence-electron chi connectivity index (χ0n) is 30.4. The lowest BCUT2D eigenvalue weighted by Gasteiger charge is -2.55. The molecule has 1 saturated heterocycles. The molecule has 10 nitrogen and oxygen atoms in total. The zero-order valence-corrected chi connectivity index (χ0v) is 30.4. The van der Waals surface area contributed by atoms with Crippen LogP contribution in [0.3, 0.4) is 0 Å². The number of nitrogens with zero attached hydrogens (tertiary/aromatic N) is 5. The molecule has 5 aliphatic rings. The molecule has 5 fully saturated rings. The Bertz CT molecular complexity index is 1690. The van der Waals surface area contributed by atoms with Gasteiger partial charge in [0.2, 0.25) is 5.91 Å². The lowest BCUT2D eigenvalue weighted by Crippen LogP contribution is -2.54. The highest BCUT2D eigenvalue weighted by atomic mass is 16.6. The van der Waals surface area contributed by atoms with Crippen molar-refractivity contribution >= 4 is 17.8 Å². The predicted octanol–water partition coefficient (Wildman–Crippen LogP) is 7.01. The molecule has 4 aliphatic carbocycles. The van der Waals surface area contributed by atoms with Crippen LogP contribution in [0.25, 0.3) is 11.3 Å². The van der Waals surface area contributed by atoms with Gasteiger partial charge in [-0.25, -0.2) is 9.78 Å². The molecule has 3 heterocycles. The van der Waals surface area contributed by atoms with Gasteiger partial charge in [0, 0.05) is 30.4 Å². The number of amides is 2. The van der Waals surface area contributed by atoms with Gasteiger partial charge in [0.15, 0.2) is 0 Å². The van der Waals surface area contributed by atoms with E-state index in [4.69, 9.17) is 19.6 Å². The minimum atomic E-state index is -0.459. The molecule has 4 saturated carbocycles. The summed E-state index contributed by atoms with van der Waals surface area (Å²) in [7, 11) is 1.73. The van der Waals surface area contributed by atoms with Gasteiger partial charge < -0.3 is 19.5 Å². The Kier molecular flexibility index (Phi) is 9.20. The van der Waals surface area contributed by atoms with Crippen molar-refractivity contribution < 1.29 is 24.2 Å². The highest BCUT2D eigenvalue weighted by molar-refractivity contribution is 5.95. The minimum absolute atomic E-state index is 0.0406. The number of anilines is 1. The van der Waals surface area contributed by atoms with Gasteiger partial charge in [0.1, 0.15) is 17.7 Å². The van der Waals surface area contributed by atoms with Crippen molar-refractivity contribution in [2.24, 2.45) is 11.3 Å². The normalized spacial score (nSPS) is 26.7. The standard InChI is InChI=1S/C40H53N5O5/c1-27-22-30(8-11-34(27)49-5)40-17-14-39(15-18-40,16-19-40)26-44(35-23-29(12-20-41-35)33-13-21-45(42-33)38(2,3)4)36(47)28-6-9-32(10-7-28)50-37(48)43-24-31(46)25-43/h8,11-13,20-23,28,31-32,46H,6-7,9-10,14-19,24-26H2,1-5H3/t28-,32-,39?,40?. The fraction of sp³-hybridized carbons (Fsp3) is 0.600. The Hall–Kier alpha value is -3.92. The van der Waals surface area contributed by atoms with Crippen molar-refractivity contribution in [1.29, 1.82) is 0 Å². The highest BCUT2D eigenvalue weighted by Gasteiger charge is 2.51. The molecule has 1 aliphatic heterocycles. The van der Waals surface area contributed by atoms with E-state index >= 15 is 0 Å². The van der Waals surface area contributed by atoms with Crippen molar-refractivity contribution in [3.8, 4) is 17.0 Å². The second kappa shape index (κ2) is 13.3. The number of fused-ring (bicyclic) bond motifs is 3. The lowest BCUT2D eigenvalue weighted by molar-refractivity contribution is -0.124. The van der Waals surface area contributed by atoms with Crippen LogP contribution in [0.1, 0.15) is 96.1 Å². The van der Waals surface area contributed by atoms with E-state index in [2.05, 4.69) is 45.9 Å². The first-order valence-electron chi connectivity index (χ1n) is 18.5. The minimum Gasteiger partial charge on any atom is -0.496 e. The second-order valence-corrected chi connectivity index (χ2v) is 16.5. The number of carbonyl (C=O) groups is 2. The number of hydrogen-bond donors (Lipinski definition) is 1. The first-order valence-corrected chi connectivity index (χ1v) is 18.5. The summed E-state index contributed by atoms with van der Waals surface area (Å²) in [5.74, 6) is 1.58. The van der Waals surface area contributed by atoms with Crippen LogP contribution in [0.15, 0.2) is 48.8 Å². The summed E-state index contributed by atoms with van der Waals surface area (Å²) in [6, 6.07) is 12.7. The average molecular weight is 684 g/mol. The maximum absolute atomic E-state index is 14.6. The Labute approximate surface area is 296 Å². The molecule has 3 aromatic rings. The Balaban J connectivity index is 1.10. The first-order chi connectivity index (χ1) is 23.9. The third-order valence-electron chi connectivity index (χ3n) is 12.2. The van der Waals surface area contributed by atoms with Crippen molar-refractivity contribution in [3.05, 3.63) is 59.9 Å². The molecule has 0 atom stereocenters. The predicted molar refractivity (Wildman–Crippen MR) is 192 cm³/mol. The Morgan fingerprint density at radius 3 is 2.28 bits per heavy atom. The molecule has 8 rings (SSSR count). The number of benzene rings is 1. The quantitative estimate of drug-likeness (QED) is 0.272. The first kappa shape index (κ1) is 34.5. The van der Waals surface area contributed by atoms with Gasteiger partial charge >= 0.3 is 6.09 Å². The fourth-order valence-corrected chi connectivity index (χ4v) is 8.80. The number of pyridine rings is 1. The number of ether oxygens (including phenoxy) is 2. The van der Waals surface area contributed by atoms with Gasteiger partial charge in [0.05, 0.1) is 37.5 Å². The number of methoxy groups -OCH3 is 1. The van der Waals surface area contributed by atoms with E-state index in [1.54, 1.807) is 13.3 Å². The van der Waals surface area contributed by atoms with Crippen LogP contribution in [-0.2, 0) is 20.5 Å². The molecular weight excluding hydrogens is 630 g/mol. The van der Waals surface area contributed by atoms with E-state index in [0.29, 0.717) is 51.1 Å². The van der Waals surface area contributed by atoms with Crippen LogP contribution >= 0.6 is 0 Å². The van der Waals surface area contributed by atoms with E-state index in [-0.39, 0.29) is 40.4 Å². The van der Waals surface area contributed by atoms with Crippen molar-refractivity contribution in [2.75, 3.05) is 31.6 Å². The summed E-state index contributed by atoms with van der Waals surface area (Å²) < 4.78 is 13.3. The number of aliphatic hydroxyl groups is 1. The second-order valence-electron chi connectivity index (χ2n) is 16.5. The smallest absolute Gasteiger partial charge is 0.410 e. The van der Waals surface area contributed by atoms with E-state index in [1.807, 2.05) is 34.0 Å². The number of β-amino-alcohol motifs (C(OH)–C–C–N with tert-alkyl or cyclic N) is 1. The molecule has 0 radical (unpaired) electrons. The van der Waals surface area contributed by atoms with Gasteiger partial charge in [-0.05, 0) is 138 Å². The number of likely N-dealkylation sites (tertiary alicyclic amines) is 1. The van der Waals surface area contributed by atoms with Crippen LogP contribution in [-0.4, -0.2) is 75.7 Å². The molecule has 50 heavy (non-hydrogen) atoms. The molecule has 1 N–H and O–H groups in total. The van der Waals surface area contributed by atoms with Crippen molar-refractivity contribution in [2.45, 2.75) is 115 Å². The molecule has 2 amide bonds. The van der Waals surface area contributed by atoms with Crippen LogP contribution in [0.5, 0.6) is 5.75 Å². The fourth-order valence-electron chi connectivity index (χ4n) is 8.80. The molecule has 0 unspecified atom stereocenters. The summed E-state index contributed by atoms with van der Waals surface area (Å²) in [4.78, 5) is 35.5. The molecular formula is C40H53N5O5. The molecule has 2 bridgehead atoms. The van der Waals surface area contributed by atoms with E-state index < -0.39 is 6.10 Å². The third kappa shape index (κ3) is 6.75. The number of aryl methyl sites for hydroxylation is 1. The SMILES string of the molecule is COc1ccc(C23CCC(CN(c4cc(-c5ccn(C(C)(C)C)n5)ccn4)C(=O)[C@H]4CC[C@H](OC(=O)N5CC(O)C5)CC4)(CC2)CC3)cc1C. The molecule has 0 spiro atoms. The lowest BCUT2D eigenvalue weighted by atomic mass is 9.51. The number of carbonyl (C=O) groups excluding carboxylic acids is 2. The average Bonchev–Trinajstić information content (AvgIpc) is 3.62. The van der Waals surface area contributed by atoms with Crippen molar-refractivity contribution in [3.63, 3.8) is 0 Å². The summed E-state index contributed by atoms with van der Waals surface area (Å²) in [5, 5.41) is 14.4. The Morgan fingerprint density at radius 2 is 1.68 bits per heavy atom. The molecule has 268 valence electrons. The summed E-state index contributed by atoms with van der Waals surface area (Å²) in [6.07, 6.45) is 12.0. The van der Waals surface area contributed by atoms with Crippen molar-refractivity contribution in [1.82, 2.24) is 19.7 Å². The number of rotatable bonds is 8. The molecule has 1 aromatic carbocycles. The Morgan fingerprint density at radius 1 is 0.980 bits per heavy atom. The van der Waals surface area contributed by atoms with Gasteiger partial charge in [-0.2, -0.15) is 5.10 Å². The molecule has 2 aromatic heterocycles. The number of aliphatic hydroxyl groups excluding tert-OH is 1. The number of hydrogen-bond acceptors (Lipinski definition) is 7. The maximum Gasteiger partial charge on any atom is 0.410 e. The zero-order chi connectivity index (χ0) is 35.3.